The molecule has 0 amide bonds. The van der Waals surface area contributed by atoms with Gasteiger partial charge in [0, 0.05) is 48.0 Å². The van der Waals surface area contributed by atoms with Gasteiger partial charge in [0.2, 0.25) is 0 Å². The molecule has 0 unspecified atom stereocenters. The summed E-state index contributed by atoms with van der Waals surface area (Å²) in [6, 6.07) is 54.3. The van der Waals surface area contributed by atoms with Crippen molar-refractivity contribution < 1.29 is 4.42 Å². The molecule has 0 aliphatic heterocycles. The van der Waals surface area contributed by atoms with Crippen molar-refractivity contribution in [3.63, 3.8) is 0 Å². The number of nitrogens with zero attached hydrogens (tertiary/aromatic N) is 1. The lowest BCUT2D eigenvalue weighted by Crippen LogP contribution is -2.09. The molecule has 0 bridgehead atoms. The first-order valence-corrected chi connectivity index (χ1v) is 15.3. The average molecular weight is 568 g/mol. The average Bonchev–Trinajstić information content (AvgIpc) is 3.64. The molecule has 0 saturated carbocycles. The van der Waals surface area contributed by atoms with Crippen LogP contribution in [-0.2, 0) is 0 Å². The first-order valence-electron chi connectivity index (χ1n) is 14.5. The van der Waals surface area contributed by atoms with Crippen LogP contribution in [0.4, 0.5) is 17.1 Å². The molecular formula is C40H25NOS. The van der Waals surface area contributed by atoms with E-state index in [-0.39, 0.29) is 0 Å². The van der Waals surface area contributed by atoms with Gasteiger partial charge in [0.15, 0.2) is 0 Å². The van der Waals surface area contributed by atoms with E-state index < -0.39 is 0 Å². The second-order valence-corrected chi connectivity index (χ2v) is 12.1. The van der Waals surface area contributed by atoms with Crippen molar-refractivity contribution >= 4 is 81.3 Å². The highest BCUT2D eigenvalue weighted by Gasteiger charge is 2.17. The monoisotopic (exact) mass is 567 g/mol. The molecule has 0 aliphatic carbocycles. The zero-order valence-electron chi connectivity index (χ0n) is 23.2. The van der Waals surface area contributed by atoms with Gasteiger partial charge >= 0.3 is 0 Å². The fraction of sp³-hybridized carbons (Fsp3) is 0. The van der Waals surface area contributed by atoms with Gasteiger partial charge in [-0.15, -0.1) is 11.3 Å². The minimum Gasteiger partial charge on any atom is -0.456 e. The summed E-state index contributed by atoms with van der Waals surface area (Å²) in [6.07, 6.45) is 0. The molecular weight excluding hydrogens is 543 g/mol. The van der Waals surface area contributed by atoms with Crippen molar-refractivity contribution in [3.8, 4) is 11.1 Å². The molecule has 2 aromatic heterocycles. The number of hydrogen-bond donors (Lipinski definition) is 0. The van der Waals surface area contributed by atoms with Crippen LogP contribution >= 0.6 is 11.3 Å². The van der Waals surface area contributed by atoms with Crippen LogP contribution in [0.5, 0.6) is 0 Å². The molecule has 3 heteroatoms. The number of thiophene rings is 1. The largest absolute Gasteiger partial charge is 0.456 e. The second-order valence-electron chi connectivity index (χ2n) is 11.0. The lowest BCUT2D eigenvalue weighted by Gasteiger charge is -2.26. The van der Waals surface area contributed by atoms with Crippen molar-refractivity contribution in [1.82, 2.24) is 0 Å². The summed E-state index contributed by atoms with van der Waals surface area (Å²) < 4.78 is 8.82. The summed E-state index contributed by atoms with van der Waals surface area (Å²) in [5.74, 6) is 0. The molecule has 43 heavy (non-hydrogen) atoms. The van der Waals surface area contributed by atoms with Gasteiger partial charge in [-0.25, -0.2) is 0 Å². The smallest absolute Gasteiger partial charge is 0.135 e. The Labute approximate surface area is 252 Å². The first kappa shape index (κ1) is 24.2. The molecule has 0 fully saturated rings. The minimum atomic E-state index is 0.897. The van der Waals surface area contributed by atoms with Gasteiger partial charge in [0.05, 0.1) is 0 Å². The summed E-state index contributed by atoms with van der Waals surface area (Å²) in [4.78, 5) is 2.36. The maximum Gasteiger partial charge on any atom is 0.135 e. The Balaban J connectivity index is 1.28. The summed E-state index contributed by atoms with van der Waals surface area (Å²) in [6.45, 7) is 0. The predicted octanol–water partition coefficient (Wildman–Crippen LogP) is 12.2. The predicted molar refractivity (Wildman–Crippen MR) is 184 cm³/mol. The third-order valence-electron chi connectivity index (χ3n) is 8.45. The van der Waals surface area contributed by atoms with Crippen molar-refractivity contribution in [3.05, 3.63) is 152 Å². The SMILES string of the molecule is c1ccc(-c2ccc(N(c3ccc4oc5ccccc5c4c3)c3ccc4ccc5sc6ccccc6c5c4c3)cc2)cc1. The summed E-state index contributed by atoms with van der Waals surface area (Å²) in [5.41, 5.74) is 7.53. The summed E-state index contributed by atoms with van der Waals surface area (Å²) >= 11 is 1.86. The zero-order valence-corrected chi connectivity index (χ0v) is 24.0. The topological polar surface area (TPSA) is 16.4 Å². The van der Waals surface area contributed by atoms with Crippen LogP contribution in [0.1, 0.15) is 0 Å². The molecule has 9 aromatic rings. The Morgan fingerprint density at radius 3 is 1.91 bits per heavy atom. The molecule has 2 nitrogen and oxygen atoms in total. The third-order valence-corrected chi connectivity index (χ3v) is 9.59. The molecule has 7 aromatic carbocycles. The number of fused-ring (bicyclic) bond motifs is 8. The summed E-state index contributed by atoms with van der Waals surface area (Å²) in [5, 5.41) is 7.41. The van der Waals surface area contributed by atoms with Crippen LogP contribution in [0, 0.1) is 0 Å². The maximum atomic E-state index is 6.18. The number of para-hydroxylation sites is 1. The molecule has 202 valence electrons. The standard InChI is InChI=1S/C40H25NOS/c1-2-8-26(9-3-1)27-14-18-29(19-15-27)41(31-21-22-37-35(25-31)32-10-4-6-12-36(32)42-37)30-20-16-28-17-23-39-40(34(28)24-30)33-11-5-7-13-38(33)43-39/h1-25H. The van der Waals surface area contributed by atoms with E-state index in [1.54, 1.807) is 0 Å². The molecule has 9 rings (SSSR count). The van der Waals surface area contributed by atoms with E-state index in [9.17, 15) is 0 Å². The first-order chi connectivity index (χ1) is 21.3. The van der Waals surface area contributed by atoms with Crippen molar-refractivity contribution in [2.75, 3.05) is 4.90 Å². The van der Waals surface area contributed by atoms with Crippen LogP contribution in [0.25, 0.3) is 64.0 Å². The molecule has 0 atom stereocenters. The van der Waals surface area contributed by atoms with E-state index in [0.717, 1.165) is 39.0 Å². The number of anilines is 3. The van der Waals surface area contributed by atoms with E-state index in [2.05, 4.69) is 144 Å². The van der Waals surface area contributed by atoms with Gasteiger partial charge in [-0.2, -0.15) is 0 Å². The summed E-state index contributed by atoms with van der Waals surface area (Å²) in [7, 11) is 0. The number of rotatable bonds is 4. The highest BCUT2D eigenvalue weighted by Crippen LogP contribution is 2.43. The van der Waals surface area contributed by atoms with Crippen molar-refractivity contribution in [2.45, 2.75) is 0 Å². The second kappa shape index (κ2) is 9.59. The lowest BCUT2D eigenvalue weighted by atomic mass is 10.0. The van der Waals surface area contributed by atoms with Gasteiger partial charge in [-0.3, -0.25) is 0 Å². The quantitative estimate of drug-likeness (QED) is 0.210. The fourth-order valence-corrected chi connectivity index (χ4v) is 7.53. The van der Waals surface area contributed by atoms with Crippen LogP contribution in [0.15, 0.2) is 156 Å². The Morgan fingerprint density at radius 2 is 1.05 bits per heavy atom. The highest BCUT2D eigenvalue weighted by atomic mass is 32.1. The Kier molecular flexibility index (Phi) is 5.40. The van der Waals surface area contributed by atoms with E-state index >= 15 is 0 Å². The molecule has 0 radical (unpaired) electrons. The van der Waals surface area contributed by atoms with Crippen LogP contribution in [-0.4, -0.2) is 0 Å². The van der Waals surface area contributed by atoms with Gasteiger partial charge in [0.25, 0.3) is 0 Å². The number of benzene rings is 7. The van der Waals surface area contributed by atoms with E-state index in [1.165, 1.54) is 42.1 Å². The van der Waals surface area contributed by atoms with Crippen molar-refractivity contribution in [2.24, 2.45) is 0 Å². The zero-order chi connectivity index (χ0) is 28.3. The Bertz CT molecular complexity index is 2450. The minimum absolute atomic E-state index is 0.897. The van der Waals surface area contributed by atoms with E-state index in [0.29, 0.717) is 0 Å². The van der Waals surface area contributed by atoms with Gasteiger partial charge in [-0.1, -0.05) is 91.0 Å². The van der Waals surface area contributed by atoms with Crippen molar-refractivity contribution in [1.29, 1.82) is 0 Å². The van der Waals surface area contributed by atoms with Gasteiger partial charge in [0.1, 0.15) is 11.2 Å². The fourth-order valence-electron chi connectivity index (χ4n) is 6.40. The van der Waals surface area contributed by atoms with Gasteiger partial charge in [-0.05, 0) is 82.6 Å². The molecule has 0 aliphatic rings. The molecule has 0 saturated heterocycles. The van der Waals surface area contributed by atoms with E-state index in [1.807, 2.05) is 23.5 Å². The molecule has 0 N–H and O–H groups in total. The lowest BCUT2D eigenvalue weighted by molar-refractivity contribution is 0.669. The number of furan rings is 1. The highest BCUT2D eigenvalue weighted by molar-refractivity contribution is 7.26. The Hall–Kier alpha value is -5.38. The maximum absolute atomic E-state index is 6.18. The van der Waals surface area contributed by atoms with Crippen LogP contribution < -0.4 is 4.90 Å². The van der Waals surface area contributed by atoms with Gasteiger partial charge < -0.3 is 9.32 Å². The molecule has 2 heterocycles. The third kappa shape index (κ3) is 3.93. The molecule has 0 spiro atoms. The van der Waals surface area contributed by atoms with Crippen LogP contribution in [0.3, 0.4) is 0 Å². The normalized spacial score (nSPS) is 11.7. The number of hydrogen-bond acceptors (Lipinski definition) is 3. The van der Waals surface area contributed by atoms with E-state index in [4.69, 9.17) is 4.42 Å². The Morgan fingerprint density at radius 1 is 0.419 bits per heavy atom. The van der Waals surface area contributed by atoms with Crippen LogP contribution in [0.2, 0.25) is 0 Å².